The highest BCUT2D eigenvalue weighted by atomic mass is 79.9. The maximum absolute atomic E-state index is 12.2. The lowest BCUT2D eigenvalue weighted by atomic mass is 9.92. The molecule has 0 spiro atoms. The maximum Gasteiger partial charge on any atom is 0.244 e. The number of hydrogen-bond donors (Lipinski definition) is 2. The van der Waals surface area contributed by atoms with Gasteiger partial charge in [-0.3, -0.25) is 4.79 Å². The highest BCUT2D eigenvalue weighted by molar-refractivity contribution is 9.10. The van der Waals surface area contributed by atoms with Crippen molar-refractivity contribution in [2.45, 2.75) is 19.0 Å². The molecule has 2 rings (SSSR count). The summed E-state index contributed by atoms with van der Waals surface area (Å²) in [5, 5.41) is 4.86. The first-order chi connectivity index (χ1) is 9.00. The van der Waals surface area contributed by atoms with Crippen LogP contribution in [-0.4, -0.2) is 5.91 Å². The third-order valence-corrected chi connectivity index (χ3v) is 4.59. The van der Waals surface area contributed by atoms with E-state index in [0.29, 0.717) is 6.54 Å². The van der Waals surface area contributed by atoms with Crippen molar-refractivity contribution >= 4 is 33.2 Å². The van der Waals surface area contributed by atoms with Crippen LogP contribution in [0, 0.1) is 0 Å². The molecular formula is C14H15BrN2OS. The third kappa shape index (κ3) is 3.43. The topological polar surface area (TPSA) is 55.1 Å². The Morgan fingerprint density at radius 3 is 2.68 bits per heavy atom. The summed E-state index contributed by atoms with van der Waals surface area (Å²) < 4.78 is 1.03. The van der Waals surface area contributed by atoms with Crippen molar-refractivity contribution < 1.29 is 4.79 Å². The third-order valence-electron chi connectivity index (χ3n) is 2.89. The van der Waals surface area contributed by atoms with E-state index in [9.17, 15) is 4.79 Å². The Kier molecular flexibility index (Phi) is 4.39. The summed E-state index contributed by atoms with van der Waals surface area (Å²) in [5.74, 6) is -0.178. The zero-order valence-electron chi connectivity index (χ0n) is 10.5. The van der Waals surface area contributed by atoms with Gasteiger partial charge in [0.05, 0.1) is 6.54 Å². The van der Waals surface area contributed by atoms with Crippen molar-refractivity contribution in [3.8, 4) is 0 Å². The molecule has 0 radical (unpaired) electrons. The number of nitrogens with one attached hydrogen (secondary N) is 1. The Morgan fingerprint density at radius 1 is 1.42 bits per heavy atom. The lowest BCUT2D eigenvalue weighted by molar-refractivity contribution is -0.126. The fourth-order valence-electron chi connectivity index (χ4n) is 1.71. The summed E-state index contributed by atoms with van der Waals surface area (Å²) >= 11 is 4.98. The van der Waals surface area contributed by atoms with Crippen LogP contribution in [-0.2, 0) is 16.9 Å². The van der Waals surface area contributed by atoms with Crippen LogP contribution in [0.25, 0.3) is 0 Å². The molecule has 1 unspecified atom stereocenters. The highest BCUT2D eigenvalue weighted by Crippen LogP contribution is 2.21. The van der Waals surface area contributed by atoms with E-state index < -0.39 is 5.54 Å². The largest absolute Gasteiger partial charge is 0.349 e. The van der Waals surface area contributed by atoms with Crippen LogP contribution >= 0.6 is 27.3 Å². The van der Waals surface area contributed by atoms with Crippen molar-refractivity contribution in [1.82, 2.24) is 5.32 Å². The predicted octanol–water partition coefficient (Wildman–Crippen LogP) is 3.00. The molecule has 2 aromatic rings. The molecular weight excluding hydrogens is 324 g/mol. The maximum atomic E-state index is 12.2. The fourth-order valence-corrected chi connectivity index (χ4v) is 3.10. The van der Waals surface area contributed by atoms with Crippen LogP contribution in [0.3, 0.4) is 0 Å². The molecule has 0 fully saturated rings. The molecule has 0 aliphatic heterocycles. The van der Waals surface area contributed by atoms with Gasteiger partial charge >= 0.3 is 0 Å². The quantitative estimate of drug-likeness (QED) is 0.900. The highest BCUT2D eigenvalue weighted by Gasteiger charge is 2.29. The van der Waals surface area contributed by atoms with E-state index in [1.165, 1.54) is 0 Å². The molecule has 0 saturated carbocycles. The lowest BCUT2D eigenvalue weighted by Gasteiger charge is -2.23. The van der Waals surface area contributed by atoms with Gasteiger partial charge in [0.15, 0.2) is 0 Å². The predicted molar refractivity (Wildman–Crippen MR) is 81.8 cm³/mol. The number of carbonyl (C=O) groups is 1. The second-order valence-electron chi connectivity index (χ2n) is 4.48. The van der Waals surface area contributed by atoms with Crippen molar-refractivity contribution in [3.63, 3.8) is 0 Å². The molecule has 5 heteroatoms. The van der Waals surface area contributed by atoms with Gasteiger partial charge in [-0.1, -0.05) is 30.3 Å². The molecule has 19 heavy (non-hydrogen) atoms. The van der Waals surface area contributed by atoms with Gasteiger partial charge in [0, 0.05) is 14.7 Å². The Bertz CT molecular complexity index is 566. The zero-order valence-corrected chi connectivity index (χ0v) is 12.9. The molecule has 0 aliphatic rings. The minimum absolute atomic E-state index is 0.178. The number of amides is 1. The van der Waals surface area contributed by atoms with E-state index in [-0.39, 0.29) is 5.91 Å². The van der Waals surface area contributed by atoms with Crippen LogP contribution in [0.1, 0.15) is 17.4 Å². The number of hydrogen-bond acceptors (Lipinski definition) is 3. The van der Waals surface area contributed by atoms with Gasteiger partial charge in [-0.25, -0.2) is 0 Å². The minimum Gasteiger partial charge on any atom is -0.349 e. The Morgan fingerprint density at radius 2 is 2.11 bits per heavy atom. The second kappa shape index (κ2) is 5.86. The Labute approximate surface area is 125 Å². The average Bonchev–Trinajstić information content (AvgIpc) is 2.82. The van der Waals surface area contributed by atoms with E-state index in [0.717, 1.165) is 14.9 Å². The molecule has 1 aromatic carbocycles. The number of rotatable bonds is 4. The number of halogens is 1. The fraction of sp³-hybridized carbons (Fsp3) is 0.214. The summed E-state index contributed by atoms with van der Waals surface area (Å²) in [4.78, 5) is 13.3. The molecule has 0 aliphatic carbocycles. The van der Waals surface area contributed by atoms with Crippen LogP contribution in [0.2, 0.25) is 0 Å². The Hall–Kier alpha value is -1.17. The second-order valence-corrected chi connectivity index (χ2v) is 6.39. The molecule has 1 amide bonds. The molecule has 100 valence electrons. The smallest absolute Gasteiger partial charge is 0.244 e. The first-order valence-corrected chi connectivity index (χ1v) is 7.53. The van der Waals surface area contributed by atoms with E-state index in [1.54, 1.807) is 18.3 Å². The van der Waals surface area contributed by atoms with Crippen LogP contribution in [0.15, 0.2) is 46.3 Å². The van der Waals surface area contributed by atoms with Crippen LogP contribution in [0.5, 0.6) is 0 Å². The van der Waals surface area contributed by atoms with E-state index in [1.807, 2.05) is 41.8 Å². The van der Waals surface area contributed by atoms with E-state index in [2.05, 4.69) is 21.2 Å². The van der Waals surface area contributed by atoms with E-state index in [4.69, 9.17) is 5.73 Å². The summed E-state index contributed by atoms with van der Waals surface area (Å²) in [6, 6.07) is 11.4. The van der Waals surface area contributed by atoms with Crippen molar-refractivity contribution in [2.75, 3.05) is 0 Å². The van der Waals surface area contributed by atoms with Crippen molar-refractivity contribution in [3.05, 3.63) is 56.7 Å². The van der Waals surface area contributed by atoms with Crippen molar-refractivity contribution in [1.29, 1.82) is 0 Å². The Balaban J connectivity index is 2.03. The summed E-state index contributed by atoms with van der Waals surface area (Å²) in [6.07, 6.45) is 0. The molecule has 0 saturated heterocycles. The zero-order chi connectivity index (χ0) is 13.9. The number of benzene rings is 1. The van der Waals surface area contributed by atoms with Gasteiger partial charge in [0.1, 0.15) is 5.54 Å². The standard InChI is InChI=1S/C14H15BrN2OS/c1-14(16,10-5-3-2-4-6-10)13(18)17-8-12-7-11(15)9-19-12/h2-7,9H,8,16H2,1H3,(H,17,18). The number of thiophene rings is 1. The van der Waals surface area contributed by atoms with Gasteiger partial charge in [0.25, 0.3) is 0 Å². The van der Waals surface area contributed by atoms with Crippen molar-refractivity contribution in [2.24, 2.45) is 5.73 Å². The summed E-state index contributed by atoms with van der Waals surface area (Å²) in [5.41, 5.74) is 5.92. The van der Waals surface area contributed by atoms with Gasteiger partial charge in [-0.2, -0.15) is 0 Å². The van der Waals surface area contributed by atoms with Gasteiger partial charge in [-0.05, 0) is 34.5 Å². The molecule has 0 bridgehead atoms. The molecule has 1 atom stereocenters. The number of carbonyl (C=O) groups excluding carboxylic acids is 1. The monoisotopic (exact) mass is 338 g/mol. The number of nitrogens with two attached hydrogens (primary N) is 1. The van der Waals surface area contributed by atoms with Crippen LogP contribution < -0.4 is 11.1 Å². The van der Waals surface area contributed by atoms with Gasteiger partial charge in [0.2, 0.25) is 5.91 Å². The van der Waals surface area contributed by atoms with Crippen LogP contribution in [0.4, 0.5) is 0 Å². The molecule has 3 nitrogen and oxygen atoms in total. The van der Waals surface area contributed by atoms with E-state index >= 15 is 0 Å². The summed E-state index contributed by atoms with van der Waals surface area (Å²) in [6.45, 7) is 2.22. The first-order valence-electron chi connectivity index (χ1n) is 5.86. The minimum atomic E-state index is -1.02. The molecule has 1 aromatic heterocycles. The first kappa shape index (κ1) is 14.2. The summed E-state index contributed by atoms with van der Waals surface area (Å²) in [7, 11) is 0. The molecule has 1 heterocycles. The van der Waals surface area contributed by atoms with Gasteiger partial charge in [-0.15, -0.1) is 11.3 Å². The van der Waals surface area contributed by atoms with Gasteiger partial charge < -0.3 is 11.1 Å². The lowest BCUT2D eigenvalue weighted by Crippen LogP contribution is -2.48. The SMILES string of the molecule is CC(N)(C(=O)NCc1cc(Br)cs1)c1ccccc1. The average molecular weight is 339 g/mol. The molecule has 3 N–H and O–H groups in total. The normalized spacial score (nSPS) is 13.8.